The van der Waals surface area contributed by atoms with E-state index in [4.69, 9.17) is 5.10 Å². The fraction of sp³-hybridized carbons (Fsp3) is 0.579. The second-order valence-corrected chi connectivity index (χ2v) is 7.11. The average Bonchev–Trinajstić information content (AvgIpc) is 2.78. The minimum Gasteiger partial charge on any atom is -0.311 e. The Kier molecular flexibility index (Phi) is 5.40. The molecule has 4 rings (SSSR count). The van der Waals surface area contributed by atoms with Crippen molar-refractivity contribution < 1.29 is 0 Å². The lowest BCUT2D eigenvalue weighted by molar-refractivity contribution is 0.243. The molecule has 134 valence electrons. The Morgan fingerprint density at radius 1 is 0.920 bits per heavy atom. The molecule has 0 atom stereocenters. The predicted octanol–water partition coefficient (Wildman–Crippen LogP) is 1.48. The lowest BCUT2D eigenvalue weighted by Crippen LogP contribution is -2.30. The molecule has 1 fully saturated rings. The van der Waals surface area contributed by atoms with E-state index in [1.807, 2.05) is 12.3 Å². The molecule has 1 saturated heterocycles. The van der Waals surface area contributed by atoms with Crippen LogP contribution < -0.4 is 5.32 Å². The van der Waals surface area contributed by atoms with Crippen LogP contribution in [0.15, 0.2) is 30.5 Å². The summed E-state index contributed by atoms with van der Waals surface area (Å²) in [7, 11) is 0. The minimum atomic E-state index is 0.949. The van der Waals surface area contributed by atoms with Gasteiger partial charge in [-0.2, -0.15) is 5.10 Å². The van der Waals surface area contributed by atoms with Crippen LogP contribution >= 0.6 is 0 Å². The Hall–Kier alpha value is -1.76. The summed E-state index contributed by atoms with van der Waals surface area (Å²) in [4.78, 5) is 9.53. The number of pyridine rings is 1. The first-order valence-corrected chi connectivity index (χ1v) is 9.48. The van der Waals surface area contributed by atoms with Crippen molar-refractivity contribution in [1.29, 1.82) is 0 Å². The summed E-state index contributed by atoms with van der Waals surface area (Å²) in [5, 5.41) is 8.31. The number of rotatable bonds is 4. The molecule has 0 radical (unpaired) electrons. The third-order valence-electron chi connectivity index (χ3n) is 5.12. The maximum absolute atomic E-state index is 4.83. The first-order valence-electron chi connectivity index (χ1n) is 9.48. The van der Waals surface area contributed by atoms with Gasteiger partial charge in [0.25, 0.3) is 0 Å². The summed E-state index contributed by atoms with van der Waals surface area (Å²) < 4.78 is 2.19. The second kappa shape index (κ2) is 8.08. The van der Waals surface area contributed by atoms with Gasteiger partial charge >= 0.3 is 0 Å². The van der Waals surface area contributed by atoms with Gasteiger partial charge in [0, 0.05) is 45.5 Å². The molecule has 1 N–H and O–H groups in total. The van der Waals surface area contributed by atoms with E-state index in [1.165, 1.54) is 29.9 Å². The second-order valence-electron chi connectivity index (χ2n) is 7.11. The fourth-order valence-electron chi connectivity index (χ4n) is 3.79. The Balaban J connectivity index is 1.32. The standard InChI is InChI=1S/C19H28N6/c1-2-7-21-17(5-1)15-23-8-4-9-24(12-11-23)16-18-13-19-14-20-6-3-10-25(19)22-18/h1-2,5,7,13,20H,3-4,6,8-12,14-16H2. The molecule has 0 amide bonds. The molecule has 4 heterocycles. The van der Waals surface area contributed by atoms with Crippen molar-refractivity contribution in [3.63, 3.8) is 0 Å². The zero-order valence-electron chi connectivity index (χ0n) is 14.9. The number of nitrogens with one attached hydrogen (secondary N) is 1. The van der Waals surface area contributed by atoms with Gasteiger partial charge in [0.2, 0.25) is 0 Å². The number of nitrogens with zero attached hydrogens (tertiary/aromatic N) is 5. The van der Waals surface area contributed by atoms with Gasteiger partial charge < -0.3 is 5.32 Å². The zero-order valence-corrected chi connectivity index (χ0v) is 14.9. The maximum Gasteiger partial charge on any atom is 0.0768 e. The van der Waals surface area contributed by atoms with Crippen molar-refractivity contribution in [3.8, 4) is 0 Å². The monoisotopic (exact) mass is 340 g/mol. The molecule has 0 aliphatic carbocycles. The number of fused-ring (bicyclic) bond motifs is 1. The Morgan fingerprint density at radius 3 is 2.56 bits per heavy atom. The molecule has 2 aliphatic rings. The number of hydrogen-bond acceptors (Lipinski definition) is 5. The summed E-state index contributed by atoms with van der Waals surface area (Å²) in [5.41, 5.74) is 3.72. The molecule has 25 heavy (non-hydrogen) atoms. The van der Waals surface area contributed by atoms with Crippen molar-refractivity contribution in [1.82, 2.24) is 29.9 Å². The normalized spacial score (nSPS) is 20.0. The average molecular weight is 340 g/mol. The Morgan fingerprint density at radius 2 is 1.76 bits per heavy atom. The number of aromatic nitrogens is 3. The molecule has 2 aliphatic heterocycles. The summed E-state index contributed by atoms with van der Waals surface area (Å²) in [6, 6.07) is 8.46. The summed E-state index contributed by atoms with van der Waals surface area (Å²) >= 11 is 0. The summed E-state index contributed by atoms with van der Waals surface area (Å²) in [6.07, 6.45) is 4.26. The van der Waals surface area contributed by atoms with E-state index >= 15 is 0 Å². The van der Waals surface area contributed by atoms with Crippen LogP contribution in [-0.2, 0) is 26.2 Å². The van der Waals surface area contributed by atoms with E-state index < -0.39 is 0 Å². The van der Waals surface area contributed by atoms with Crippen LogP contribution in [0.3, 0.4) is 0 Å². The highest BCUT2D eigenvalue weighted by Crippen LogP contribution is 2.13. The zero-order chi connectivity index (χ0) is 16.9. The Labute approximate surface area is 149 Å². The molecular weight excluding hydrogens is 312 g/mol. The summed E-state index contributed by atoms with van der Waals surface area (Å²) in [6.45, 7) is 9.52. The van der Waals surface area contributed by atoms with E-state index in [9.17, 15) is 0 Å². The van der Waals surface area contributed by atoms with Crippen molar-refractivity contribution in [2.45, 2.75) is 39.0 Å². The van der Waals surface area contributed by atoms with Gasteiger partial charge in [-0.25, -0.2) is 0 Å². The van der Waals surface area contributed by atoms with Crippen LogP contribution in [0.1, 0.15) is 29.9 Å². The van der Waals surface area contributed by atoms with E-state index in [0.29, 0.717) is 0 Å². The maximum atomic E-state index is 4.83. The van der Waals surface area contributed by atoms with Gasteiger partial charge in [-0.1, -0.05) is 6.07 Å². The Bertz CT molecular complexity index is 644. The minimum absolute atomic E-state index is 0.949. The molecule has 2 aromatic heterocycles. The fourth-order valence-corrected chi connectivity index (χ4v) is 3.79. The van der Waals surface area contributed by atoms with Crippen LogP contribution in [0.25, 0.3) is 0 Å². The van der Waals surface area contributed by atoms with Gasteiger partial charge in [0.1, 0.15) is 0 Å². The van der Waals surface area contributed by atoms with Gasteiger partial charge in [-0.3, -0.25) is 19.5 Å². The van der Waals surface area contributed by atoms with Crippen LogP contribution in [-0.4, -0.2) is 57.3 Å². The smallest absolute Gasteiger partial charge is 0.0768 e. The van der Waals surface area contributed by atoms with Crippen LogP contribution in [0.4, 0.5) is 0 Å². The first kappa shape index (κ1) is 16.7. The molecule has 6 nitrogen and oxygen atoms in total. The van der Waals surface area contributed by atoms with Crippen molar-refractivity contribution in [3.05, 3.63) is 47.5 Å². The predicted molar refractivity (Wildman–Crippen MR) is 98.0 cm³/mol. The third kappa shape index (κ3) is 4.45. The van der Waals surface area contributed by atoms with E-state index in [1.54, 1.807) is 0 Å². The number of hydrogen-bond donors (Lipinski definition) is 1. The quantitative estimate of drug-likeness (QED) is 0.914. The SMILES string of the molecule is c1ccc(CN2CCCN(Cc3cc4n(n3)CCCNC4)CC2)nc1. The van der Waals surface area contributed by atoms with Gasteiger partial charge in [0.05, 0.1) is 17.1 Å². The molecule has 0 saturated carbocycles. The molecule has 6 heteroatoms. The largest absolute Gasteiger partial charge is 0.311 e. The third-order valence-corrected chi connectivity index (χ3v) is 5.12. The van der Waals surface area contributed by atoms with Gasteiger partial charge in [-0.05, 0) is 50.7 Å². The molecule has 2 aromatic rings. The molecule has 0 bridgehead atoms. The van der Waals surface area contributed by atoms with Crippen LogP contribution in [0.2, 0.25) is 0 Å². The highest BCUT2D eigenvalue weighted by Gasteiger charge is 2.18. The van der Waals surface area contributed by atoms with Crippen LogP contribution in [0, 0.1) is 0 Å². The van der Waals surface area contributed by atoms with Gasteiger partial charge in [-0.15, -0.1) is 0 Å². The van der Waals surface area contributed by atoms with Crippen molar-refractivity contribution in [2.75, 3.05) is 32.7 Å². The van der Waals surface area contributed by atoms with Gasteiger partial charge in [0.15, 0.2) is 0 Å². The molecule has 0 spiro atoms. The highest BCUT2D eigenvalue weighted by atomic mass is 15.3. The molecule has 0 unspecified atom stereocenters. The lowest BCUT2D eigenvalue weighted by atomic mass is 10.3. The topological polar surface area (TPSA) is 49.2 Å². The van der Waals surface area contributed by atoms with Crippen LogP contribution in [0.5, 0.6) is 0 Å². The highest BCUT2D eigenvalue weighted by molar-refractivity contribution is 5.11. The summed E-state index contributed by atoms with van der Waals surface area (Å²) in [5.74, 6) is 0. The molecule has 0 aromatic carbocycles. The molecular formula is C19H28N6. The lowest BCUT2D eigenvalue weighted by Gasteiger charge is -2.21. The van der Waals surface area contributed by atoms with Crippen molar-refractivity contribution in [2.24, 2.45) is 0 Å². The number of aryl methyl sites for hydroxylation is 1. The van der Waals surface area contributed by atoms with E-state index in [-0.39, 0.29) is 0 Å². The van der Waals surface area contributed by atoms with Crippen molar-refractivity contribution >= 4 is 0 Å². The van der Waals surface area contributed by atoms with E-state index in [2.05, 4.69) is 43.0 Å². The van der Waals surface area contributed by atoms with E-state index in [0.717, 1.165) is 58.9 Å². The first-order chi connectivity index (χ1) is 12.4.